The average Bonchev–Trinajstić information content (AvgIpc) is 2.49. The molecule has 0 radical (unpaired) electrons. The Labute approximate surface area is 151 Å². The SMILES string of the molecule is [2H]c1cc(O)c2c(c1)OC(C)(C)[C@H]1CC=C(COC(=O)C(C)(C)C)C[C@H]21. The number of allylic oxidation sites excluding steroid dienone is 1. The normalized spacial score (nSPS) is 25.0. The van der Waals surface area contributed by atoms with Crippen LogP contribution in [0.2, 0.25) is 0 Å². The third-order valence-electron chi connectivity index (χ3n) is 5.24. The average molecular weight is 345 g/mol. The number of phenolic OH excluding ortho intramolecular Hbond substituents is 1. The van der Waals surface area contributed by atoms with Crippen LogP contribution in [0.25, 0.3) is 0 Å². The number of carbonyl (C=O) groups excluding carboxylic acids is 1. The molecule has 1 aromatic carbocycles. The zero-order valence-corrected chi connectivity index (χ0v) is 15.7. The molecule has 0 spiro atoms. The lowest BCUT2D eigenvalue weighted by Crippen LogP contribution is -2.45. The maximum atomic E-state index is 12.1. The first-order valence-corrected chi connectivity index (χ1v) is 8.86. The molecule has 0 aromatic heterocycles. The fourth-order valence-electron chi connectivity index (χ4n) is 3.82. The van der Waals surface area contributed by atoms with Crippen LogP contribution in [0.4, 0.5) is 0 Å². The predicted octanol–water partition coefficient (Wildman–Crippen LogP) is 4.57. The third kappa shape index (κ3) is 3.39. The van der Waals surface area contributed by atoms with E-state index in [-0.39, 0.29) is 41.8 Å². The number of fused-ring (bicyclic) bond motifs is 3. The molecule has 1 heterocycles. The van der Waals surface area contributed by atoms with Gasteiger partial charge >= 0.3 is 5.97 Å². The zero-order valence-electron chi connectivity index (χ0n) is 16.7. The summed E-state index contributed by atoms with van der Waals surface area (Å²) in [5.74, 6) is 0.803. The number of hydrogen-bond donors (Lipinski definition) is 1. The van der Waals surface area contributed by atoms with E-state index in [2.05, 4.69) is 19.9 Å². The second kappa shape index (κ2) is 6.08. The summed E-state index contributed by atoms with van der Waals surface area (Å²) in [6.07, 6.45) is 3.66. The van der Waals surface area contributed by atoms with Crippen LogP contribution in [0.3, 0.4) is 0 Å². The van der Waals surface area contributed by atoms with E-state index in [1.165, 1.54) is 6.07 Å². The number of hydrogen-bond acceptors (Lipinski definition) is 4. The van der Waals surface area contributed by atoms with Crippen LogP contribution in [0.5, 0.6) is 11.5 Å². The van der Waals surface area contributed by atoms with Gasteiger partial charge in [-0.15, -0.1) is 0 Å². The summed E-state index contributed by atoms with van der Waals surface area (Å²) in [6.45, 7) is 9.92. The summed E-state index contributed by atoms with van der Waals surface area (Å²) in [6, 6.07) is 3.38. The molecule has 1 N–H and O–H groups in total. The van der Waals surface area contributed by atoms with Gasteiger partial charge in [-0.2, -0.15) is 0 Å². The van der Waals surface area contributed by atoms with Crippen LogP contribution in [0.15, 0.2) is 29.8 Å². The van der Waals surface area contributed by atoms with Gasteiger partial charge in [0.15, 0.2) is 0 Å². The number of benzene rings is 1. The number of carbonyl (C=O) groups is 1. The maximum Gasteiger partial charge on any atom is 0.311 e. The molecular formula is C21H28O4. The minimum Gasteiger partial charge on any atom is -0.508 e. The molecule has 0 saturated heterocycles. The Morgan fingerprint density at radius 2 is 2.16 bits per heavy atom. The van der Waals surface area contributed by atoms with Gasteiger partial charge in [-0.25, -0.2) is 0 Å². The molecule has 0 fully saturated rings. The van der Waals surface area contributed by atoms with Gasteiger partial charge in [-0.1, -0.05) is 12.1 Å². The standard InChI is InChI=1S/C21H28O4/c1-20(2,3)19(23)24-12-13-9-10-15-14(11-13)18-16(22)7-6-8-17(18)25-21(15,4)5/h6-9,14-15,22H,10-12H2,1-5H3/t14-,15-/m0/s1/i6D. The monoisotopic (exact) mass is 345 g/mol. The minimum absolute atomic E-state index is 0.0858. The number of ether oxygens (including phenoxy) is 2. The molecule has 2 aliphatic rings. The summed E-state index contributed by atoms with van der Waals surface area (Å²) < 4.78 is 19.5. The molecule has 25 heavy (non-hydrogen) atoms. The molecule has 4 heteroatoms. The molecule has 4 nitrogen and oxygen atoms in total. The van der Waals surface area contributed by atoms with Crippen molar-refractivity contribution in [1.29, 1.82) is 0 Å². The van der Waals surface area contributed by atoms with Gasteiger partial charge in [0.05, 0.1) is 6.79 Å². The Morgan fingerprint density at radius 3 is 2.84 bits per heavy atom. The van der Waals surface area contributed by atoms with Gasteiger partial charge in [-0.3, -0.25) is 4.79 Å². The van der Waals surface area contributed by atoms with Gasteiger partial charge in [0.1, 0.15) is 23.7 Å². The fraction of sp³-hybridized carbons (Fsp3) is 0.571. The van der Waals surface area contributed by atoms with E-state index in [0.29, 0.717) is 12.2 Å². The summed E-state index contributed by atoms with van der Waals surface area (Å²) in [5.41, 5.74) is 0.940. The van der Waals surface area contributed by atoms with Gasteiger partial charge in [0.25, 0.3) is 0 Å². The van der Waals surface area contributed by atoms with E-state index < -0.39 is 5.41 Å². The summed E-state index contributed by atoms with van der Waals surface area (Å²) in [7, 11) is 0. The Bertz CT molecular complexity index is 758. The van der Waals surface area contributed by atoms with Crippen molar-refractivity contribution in [1.82, 2.24) is 0 Å². The van der Waals surface area contributed by atoms with Gasteiger partial charge in [0, 0.05) is 17.4 Å². The van der Waals surface area contributed by atoms with Gasteiger partial charge in [0.2, 0.25) is 0 Å². The summed E-state index contributed by atoms with van der Waals surface area (Å²) >= 11 is 0. The molecular weight excluding hydrogens is 316 g/mol. The van der Waals surface area contributed by atoms with Crippen LogP contribution >= 0.6 is 0 Å². The molecule has 1 aromatic rings. The van der Waals surface area contributed by atoms with E-state index >= 15 is 0 Å². The van der Waals surface area contributed by atoms with Crippen LogP contribution in [0.1, 0.15) is 60.3 Å². The highest BCUT2D eigenvalue weighted by Crippen LogP contribution is 2.53. The Hall–Kier alpha value is -1.97. The van der Waals surface area contributed by atoms with Crippen LogP contribution < -0.4 is 4.74 Å². The lowest BCUT2D eigenvalue weighted by atomic mass is 9.67. The van der Waals surface area contributed by atoms with Crippen molar-refractivity contribution >= 4 is 5.97 Å². The minimum atomic E-state index is -0.520. The van der Waals surface area contributed by atoms with Crippen molar-refractivity contribution in [2.24, 2.45) is 11.3 Å². The van der Waals surface area contributed by atoms with Crippen molar-refractivity contribution in [3.8, 4) is 11.5 Å². The fourth-order valence-corrected chi connectivity index (χ4v) is 3.82. The van der Waals surface area contributed by atoms with Crippen molar-refractivity contribution in [2.45, 2.75) is 59.0 Å². The highest BCUT2D eigenvalue weighted by atomic mass is 16.5. The van der Waals surface area contributed by atoms with Gasteiger partial charge in [-0.05, 0) is 65.2 Å². The number of phenols is 1. The maximum absolute atomic E-state index is 12.1. The van der Waals surface area contributed by atoms with Crippen molar-refractivity contribution < 1.29 is 20.7 Å². The van der Waals surface area contributed by atoms with E-state index in [1.54, 1.807) is 6.07 Å². The highest BCUT2D eigenvalue weighted by Gasteiger charge is 2.45. The van der Waals surface area contributed by atoms with Gasteiger partial charge < -0.3 is 14.6 Å². The lowest BCUT2D eigenvalue weighted by molar-refractivity contribution is -0.152. The molecule has 136 valence electrons. The smallest absolute Gasteiger partial charge is 0.311 e. The Morgan fingerprint density at radius 1 is 1.44 bits per heavy atom. The number of esters is 1. The molecule has 1 aliphatic carbocycles. The first-order chi connectivity index (χ1) is 12.0. The predicted molar refractivity (Wildman–Crippen MR) is 96.8 cm³/mol. The topological polar surface area (TPSA) is 55.8 Å². The zero-order chi connectivity index (χ0) is 19.3. The first-order valence-electron chi connectivity index (χ1n) is 9.36. The lowest BCUT2D eigenvalue weighted by Gasteiger charge is -2.47. The van der Waals surface area contributed by atoms with Crippen molar-refractivity contribution in [2.75, 3.05) is 6.61 Å². The summed E-state index contributed by atoms with van der Waals surface area (Å²) in [4.78, 5) is 12.1. The van der Waals surface area contributed by atoms with Crippen molar-refractivity contribution in [3.63, 3.8) is 0 Å². The van der Waals surface area contributed by atoms with E-state index in [9.17, 15) is 9.90 Å². The molecule has 0 saturated carbocycles. The van der Waals surface area contributed by atoms with Crippen LogP contribution in [0, 0.1) is 11.3 Å². The first kappa shape index (κ1) is 16.5. The quantitative estimate of drug-likeness (QED) is 0.630. The molecule has 0 unspecified atom stereocenters. The van der Waals surface area contributed by atoms with Crippen LogP contribution in [-0.2, 0) is 9.53 Å². The third-order valence-corrected chi connectivity index (χ3v) is 5.24. The second-order valence-electron chi connectivity index (χ2n) is 8.67. The van der Waals surface area contributed by atoms with Crippen molar-refractivity contribution in [3.05, 3.63) is 35.4 Å². The molecule has 0 bridgehead atoms. The van der Waals surface area contributed by atoms with E-state index in [4.69, 9.17) is 10.8 Å². The Kier molecular flexibility index (Phi) is 4.01. The van der Waals surface area contributed by atoms with E-state index in [0.717, 1.165) is 17.6 Å². The van der Waals surface area contributed by atoms with E-state index in [1.807, 2.05) is 20.8 Å². The second-order valence-corrected chi connectivity index (χ2v) is 8.67. The highest BCUT2D eigenvalue weighted by molar-refractivity contribution is 5.75. The largest absolute Gasteiger partial charge is 0.508 e. The number of aromatic hydroxyl groups is 1. The molecule has 2 atom stereocenters. The number of rotatable bonds is 2. The van der Waals surface area contributed by atoms with Crippen LogP contribution in [-0.4, -0.2) is 23.3 Å². The molecule has 3 rings (SSSR count). The Balaban J connectivity index is 1.86. The molecule has 1 aliphatic heterocycles. The molecule has 0 amide bonds. The summed E-state index contributed by atoms with van der Waals surface area (Å²) in [5, 5.41) is 10.5.